The standard InChI is InChI=1S/C20H19N3OS/c1-14-5-3-6-15(2)18(14)22-20-23(11-4-12-25-20)19(24)17-9-7-16(13-21)8-10-17/h3,5-10H,4,11-12H2,1-2H3. The normalized spacial score (nSPS) is 15.9. The number of benzene rings is 2. The summed E-state index contributed by atoms with van der Waals surface area (Å²) in [4.78, 5) is 19.5. The number of amides is 1. The van der Waals surface area contributed by atoms with Gasteiger partial charge in [-0.1, -0.05) is 30.0 Å². The second-order valence-corrected chi connectivity index (χ2v) is 7.04. The van der Waals surface area contributed by atoms with E-state index in [1.807, 2.05) is 32.0 Å². The summed E-state index contributed by atoms with van der Waals surface area (Å²) in [5.41, 5.74) is 4.27. The van der Waals surface area contributed by atoms with Crippen LogP contribution in [0.2, 0.25) is 0 Å². The van der Waals surface area contributed by atoms with Crippen molar-refractivity contribution >= 4 is 28.5 Å². The number of hydrogen-bond acceptors (Lipinski definition) is 4. The monoisotopic (exact) mass is 349 g/mol. The Morgan fingerprint density at radius 3 is 2.48 bits per heavy atom. The van der Waals surface area contributed by atoms with E-state index in [1.165, 1.54) is 0 Å². The lowest BCUT2D eigenvalue weighted by Crippen LogP contribution is -2.39. The summed E-state index contributed by atoms with van der Waals surface area (Å²) >= 11 is 1.62. The average molecular weight is 349 g/mol. The minimum Gasteiger partial charge on any atom is -0.287 e. The molecular formula is C20H19N3OS. The number of carbonyl (C=O) groups excluding carboxylic acids is 1. The first-order chi connectivity index (χ1) is 12.1. The lowest BCUT2D eigenvalue weighted by Gasteiger charge is -2.28. The highest BCUT2D eigenvalue weighted by molar-refractivity contribution is 8.13. The molecule has 1 aliphatic heterocycles. The molecule has 126 valence electrons. The van der Waals surface area contributed by atoms with Gasteiger partial charge in [0.15, 0.2) is 5.17 Å². The molecule has 1 heterocycles. The Morgan fingerprint density at radius 2 is 1.84 bits per heavy atom. The smallest absolute Gasteiger partial charge is 0.259 e. The Bertz CT molecular complexity index is 845. The Hall–Kier alpha value is -2.58. The summed E-state index contributed by atoms with van der Waals surface area (Å²) in [6.07, 6.45) is 0.943. The summed E-state index contributed by atoms with van der Waals surface area (Å²) in [6.45, 7) is 4.73. The second-order valence-electron chi connectivity index (χ2n) is 5.98. The van der Waals surface area contributed by atoms with Gasteiger partial charge >= 0.3 is 0 Å². The van der Waals surface area contributed by atoms with Crippen molar-refractivity contribution in [3.05, 3.63) is 64.7 Å². The fraction of sp³-hybridized carbons (Fsp3) is 0.250. The molecule has 3 rings (SSSR count). The van der Waals surface area contributed by atoms with E-state index in [2.05, 4.69) is 6.07 Å². The van der Waals surface area contributed by atoms with Crippen LogP contribution < -0.4 is 0 Å². The molecule has 5 heteroatoms. The number of thioether (sulfide) groups is 1. The summed E-state index contributed by atoms with van der Waals surface area (Å²) in [5.74, 6) is 0.891. The third-order valence-corrected chi connectivity index (χ3v) is 5.20. The highest BCUT2D eigenvalue weighted by Gasteiger charge is 2.25. The quantitative estimate of drug-likeness (QED) is 0.805. The first-order valence-corrected chi connectivity index (χ1v) is 9.18. The third kappa shape index (κ3) is 3.75. The lowest BCUT2D eigenvalue weighted by molar-refractivity contribution is 0.0849. The molecule has 0 spiro atoms. The van der Waals surface area contributed by atoms with Gasteiger partial charge in [-0.05, 0) is 55.7 Å². The van der Waals surface area contributed by atoms with E-state index in [0.29, 0.717) is 17.7 Å². The zero-order valence-corrected chi connectivity index (χ0v) is 15.1. The van der Waals surface area contributed by atoms with Crippen LogP contribution in [0.25, 0.3) is 0 Å². The van der Waals surface area contributed by atoms with Crippen molar-refractivity contribution in [3.8, 4) is 6.07 Å². The van der Waals surface area contributed by atoms with Crippen LogP contribution in [0.3, 0.4) is 0 Å². The van der Waals surface area contributed by atoms with E-state index in [4.69, 9.17) is 10.3 Å². The van der Waals surface area contributed by atoms with Crippen LogP contribution in [0.5, 0.6) is 0 Å². The van der Waals surface area contributed by atoms with Crippen molar-refractivity contribution in [2.75, 3.05) is 12.3 Å². The molecule has 25 heavy (non-hydrogen) atoms. The maximum Gasteiger partial charge on any atom is 0.259 e. The molecule has 0 unspecified atom stereocenters. The van der Waals surface area contributed by atoms with Gasteiger partial charge in [-0.15, -0.1) is 0 Å². The van der Waals surface area contributed by atoms with E-state index in [9.17, 15) is 4.79 Å². The molecule has 1 fully saturated rings. The summed E-state index contributed by atoms with van der Waals surface area (Å²) in [7, 11) is 0. The number of para-hydroxylation sites is 1. The molecule has 0 radical (unpaired) electrons. The fourth-order valence-corrected chi connectivity index (χ4v) is 3.70. The summed E-state index contributed by atoms with van der Waals surface area (Å²) in [5, 5.41) is 9.65. The molecular weight excluding hydrogens is 330 g/mol. The molecule has 0 aliphatic carbocycles. The van der Waals surface area contributed by atoms with Crippen LogP contribution in [0.4, 0.5) is 5.69 Å². The third-order valence-electron chi connectivity index (χ3n) is 4.14. The molecule has 0 bridgehead atoms. The number of nitriles is 1. The Morgan fingerprint density at radius 1 is 1.16 bits per heavy atom. The number of aliphatic imine (C=N–C) groups is 1. The number of aryl methyl sites for hydroxylation is 2. The highest BCUT2D eigenvalue weighted by atomic mass is 32.2. The molecule has 4 nitrogen and oxygen atoms in total. The Labute approximate surface area is 152 Å². The molecule has 0 saturated carbocycles. The van der Waals surface area contributed by atoms with Crippen LogP contribution in [0.15, 0.2) is 47.5 Å². The fourth-order valence-electron chi connectivity index (χ4n) is 2.76. The second kappa shape index (κ2) is 7.54. The summed E-state index contributed by atoms with van der Waals surface area (Å²) in [6, 6.07) is 14.9. The number of nitrogens with zero attached hydrogens (tertiary/aromatic N) is 3. The van der Waals surface area contributed by atoms with Gasteiger partial charge in [0.25, 0.3) is 5.91 Å². The molecule has 1 amide bonds. The zero-order valence-electron chi connectivity index (χ0n) is 14.3. The number of rotatable bonds is 2. The van der Waals surface area contributed by atoms with Crippen molar-refractivity contribution in [3.63, 3.8) is 0 Å². The van der Waals surface area contributed by atoms with Gasteiger partial charge < -0.3 is 0 Å². The van der Waals surface area contributed by atoms with E-state index in [-0.39, 0.29) is 5.91 Å². The van der Waals surface area contributed by atoms with Crippen LogP contribution in [0, 0.1) is 25.2 Å². The van der Waals surface area contributed by atoms with Gasteiger partial charge in [-0.3, -0.25) is 9.69 Å². The van der Waals surface area contributed by atoms with Crippen molar-refractivity contribution in [2.45, 2.75) is 20.3 Å². The van der Waals surface area contributed by atoms with Crippen LogP contribution >= 0.6 is 11.8 Å². The van der Waals surface area contributed by atoms with Gasteiger partial charge in [0, 0.05) is 17.9 Å². The molecule has 2 aromatic rings. The maximum atomic E-state index is 12.9. The predicted molar refractivity (Wildman–Crippen MR) is 102 cm³/mol. The summed E-state index contributed by atoms with van der Waals surface area (Å²) < 4.78 is 0. The van der Waals surface area contributed by atoms with E-state index in [1.54, 1.807) is 40.9 Å². The molecule has 2 aromatic carbocycles. The van der Waals surface area contributed by atoms with Gasteiger partial charge in [0.2, 0.25) is 0 Å². The predicted octanol–water partition coefficient (Wildman–Crippen LogP) is 4.44. The molecule has 1 aliphatic rings. The van der Waals surface area contributed by atoms with Gasteiger partial charge in [0.05, 0.1) is 17.3 Å². The molecule has 0 N–H and O–H groups in total. The van der Waals surface area contributed by atoms with Crippen LogP contribution in [0.1, 0.15) is 33.5 Å². The Kier molecular flexibility index (Phi) is 5.20. The van der Waals surface area contributed by atoms with E-state index < -0.39 is 0 Å². The topological polar surface area (TPSA) is 56.5 Å². The number of carbonyl (C=O) groups is 1. The lowest BCUT2D eigenvalue weighted by atomic mass is 10.1. The average Bonchev–Trinajstić information content (AvgIpc) is 2.65. The van der Waals surface area contributed by atoms with Crippen LogP contribution in [-0.4, -0.2) is 28.3 Å². The van der Waals surface area contributed by atoms with Gasteiger partial charge in [-0.25, -0.2) is 4.99 Å². The molecule has 0 atom stereocenters. The first-order valence-electron chi connectivity index (χ1n) is 8.20. The minimum absolute atomic E-state index is 0.0679. The van der Waals surface area contributed by atoms with Gasteiger partial charge in [-0.2, -0.15) is 5.26 Å². The van der Waals surface area contributed by atoms with Gasteiger partial charge in [0.1, 0.15) is 0 Å². The minimum atomic E-state index is -0.0679. The SMILES string of the molecule is Cc1cccc(C)c1N=C1SCCCN1C(=O)c1ccc(C#N)cc1. The molecule has 0 aromatic heterocycles. The van der Waals surface area contributed by atoms with E-state index in [0.717, 1.165) is 34.2 Å². The molecule has 1 saturated heterocycles. The maximum absolute atomic E-state index is 12.9. The highest BCUT2D eigenvalue weighted by Crippen LogP contribution is 2.28. The number of amidine groups is 1. The zero-order chi connectivity index (χ0) is 17.8. The van der Waals surface area contributed by atoms with Crippen molar-refractivity contribution < 1.29 is 4.79 Å². The number of hydrogen-bond donors (Lipinski definition) is 0. The van der Waals surface area contributed by atoms with Crippen molar-refractivity contribution in [2.24, 2.45) is 4.99 Å². The van der Waals surface area contributed by atoms with Crippen molar-refractivity contribution in [1.82, 2.24) is 4.90 Å². The largest absolute Gasteiger partial charge is 0.287 e. The van der Waals surface area contributed by atoms with Crippen LogP contribution in [-0.2, 0) is 0 Å². The van der Waals surface area contributed by atoms with Crippen molar-refractivity contribution in [1.29, 1.82) is 5.26 Å². The van der Waals surface area contributed by atoms with E-state index >= 15 is 0 Å². The Balaban J connectivity index is 1.94. The first kappa shape index (κ1) is 17.2.